The molecule has 2 N–H and O–H groups in total. The molecule has 0 aliphatic carbocycles. The van der Waals surface area contributed by atoms with Crippen molar-refractivity contribution in [1.29, 1.82) is 0 Å². The van der Waals surface area contributed by atoms with Gasteiger partial charge in [0.15, 0.2) is 0 Å². The van der Waals surface area contributed by atoms with Crippen LogP contribution in [0.4, 0.5) is 0 Å². The van der Waals surface area contributed by atoms with E-state index in [4.69, 9.17) is 5.11 Å². The molecule has 2 rings (SSSR count). The Kier molecular flexibility index (Phi) is 3.02. The fourth-order valence-electron chi connectivity index (χ4n) is 2.38. The molecule has 0 spiro atoms. The maximum atomic E-state index is 11.7. The Balaban J connectivity index is 2.65. The lowest BCUT2D eigenvalue weighted by atomic mass is 9.97. The van der Waals surface area contributed by atoms with Crippen molar-refractivity contribution in [1.82, 2.24) is 9.88 Å². The van der Waals surface area contributed by atoms with Crippen LogP contribution in [0.5, 0.6) is 0 Å². The van der Waals surface area contributed by atoms with E-state index in [0.29, 0.717) is 12.0 Å². The number of H-pyrrole nitrogens is 1. The van der Waals surface area contributed by atoms with E-state index >= 15 is 0 Å². The van der Waals surface area contributed by atoms with Gasteiger partial charge in [0.25, 0.3) is 5.56 Å². The van der Waals surface area contributed by atoms with Gasteiger partial charge in [-0.15, -0.1) is 0 Å². The topological polar surface area (TPSA) is 73.4 Å². The molecular formula is C12H16N2O3. The number of fused-ring (bicyclic) bond motifs is 1. The summed E-state index contributed by atoms with van der Waals surface area (Å²) in [5.41, 5.74) is 1.93. The van der Waals surface area contributed by atoms with Gasteiger partial charge in [0.2, 0.25) is 0 Å². The van der Waals surface area contributed by atoms with Gasteiger partial charge in [0, 0.05) is 18.8 Å². The van der Waals surface area contributed by atoms with Crippen LogP contribution in [0.2, 0.25) is 0 Å². The first kappa shape index (κ1) is 11.9. The molecule has 2 heterocycles. The van der Waals surface area contributed by atoms with E-state index < -0.39 is 11.5 Å². The van der Waals surface area contributed by atoms with Crippen molar-refractivity contribution in [3.8, 4) is 0 Å². The van der Waals surface area contributed by atoms with E-state index in [2.05, 4.69) is 9.88 Å². The molecule has 0 fully saturated rings. The van der Waals surface area contributed by atoms with E-state index in [-0.39, 0.29) is 5.56 Å². The fraction of sp³-hybridized carbons (Fsp3) is 0.500. The number of aryl methyl sites for hydroxylation is 1. The highest BCUT2D eigenvalue weighted by molar-refractivity contribution is 5.89. The van der Waals surface area contributed by atoms with Gasteiger partial charge in [-0.3, -0.25) is 4.79 Å². The van der Waals surface area contributed by atoms with Crippen LogP contribution in [0, 0.1) is 6.92 Å². The molecular weight excluding hydrogens is 220 g/mol. The summed E-state index contributed by atoms with van der Waals surface area (Å²) in [6.07, 6.45) is 1.41. The predicted molar refractivity (Wildman–Crippen MR) is 63.7 cm³/mol. The molecule has 5 heteroatoms. The van der Waals surface area contributed by atoms with Crippen LogP contribution in [-0.2, 0) is 12.8 Å². The van der Waals surface area contributed by atoms with E-state index in [0.717, 1.165) is 30.8 Å². The average Bonchev–Trinajstić information content (AvgIpc) is 2.41. The summed E-state index contributed by atoms with van der Waals surface area (Å²) >= 11 is 0. The molecule has 0 bridgehead atoms. The summed E-state index contributed by atoms with van der Waals surface area (Å²) in [7, 11) is 2.00. The molecule has 1 aliphatic heterocycles. The minimum absolute atomic E-state index is 0.0825. The summed E-state index contributed by atoms with van der Waals surface area (Å²) in [5.74, 6) is -1.13. The van der Waals surface area contributed by atoms with Crippen LogP contribution in [0.15, 0.2) is 4.79 Å². The summed E-state index contributed by atoms with van der Waals surface area (Å²) in [6, 6.07) is 0. The second-order valence-electron chi connectivity index (χ2n) is 4.52. The predicted octanol–water partition coefficient (Wildman–Crippen LogP) is 0.412. The zero-order chi connectivity index (χ0) is 12.6. The van der Waals surface area contributed by atoms with E-state index in [1.54, 1.807) is 0 Å². The Bertz CT molecular complexity index is 519. The average molecular weight is 236 g/mol. The number of aromatic amines is 1. The van der Waals surface area contributed by atoms with Gasteiger partial charge in [0.05, 0.1) is 0 Å². The van der Waals surface area contributed by atoms with Crippen LogP contribution >= 0.6 is 0 Å². The third kappa shape index (κ3) is 2.10. The third-order valence-electron chi connectivity index (χ3n) is 3.35. The van der Waals surface area contributed by atoms with Crippen LogP contribution in [-0.4, -0.2) is 41.1 Å². The SMILES string of the molecule is Cc1[nH]c(=O)c(C(=O)O)c2c1CCN(C)CC2. The molecule has 0 unspecified atom stereocenters. The van der Waals surface area contributed by atoms with Crippen molar-refractivity contribution in [2.24, 2.45) is 0 Å². The lowest BCUT2D eigenvalue weighted by Crippen LogP contribution is -2.24. The van der Waals surface area contributed by atoms with Crippen molar-refractivity contribution in [2.45, 2.75) is 19.8 Å². The molecule has 17 heavy (non-hydrogen) atoms. The van der Waals surface area contributed by atoms with Crippen molar-refractivity contribution in [2.75, 3.05) is 20.1 Å². The lowest BCUT2D eigenvalue weighted by Gasteiger charge is -2.11. The van der Waals surface area contributed by atoms with Gasteiger partial charge in [-0.05, 0) is 37.9 Å². The number of carboxylic acids is 1. The quantitative estimate of drug-likeness (QED) is 0.740. The smallest absolute Gasteiger partial charge is 0.341 e. The maximum Gasteiger partial charge on any atom is 0.341 e. The number of likely N-dealkylation sites (N-methyl/N-ethyl adjacent to an activating group) is 1. The number of hydrogen-bond donors (Lipinski definition) is 2. The van der Waals surface area contributed by atoms with Crippen molar-refractivity contribution >= 4 is 5.97 Å². The zero-order valence-corrected chi connectivity index (χ0v) is 10.0. The molecule has 0 saturated carbocycles. The van der Waals surface area contributed by atoms with Gasteiger partial charge in [-0.25, -0.2) is 4.79 Å². The molecule has 0 amide bonds. The van der Waals surface area contributed by atoms with Gasteiger partial charge in [-0.2, -0.15) is 0 Å². The van der Waals surface area contributed by atoms with Crippen LogP contribution in [0.25, 0.3) is 0 Å². The molecule has 1 aliphatic rings. The Morgan fingerprint density at radius 1 is 1.29 bits per heavy atom. The normalized spacial score (nSPS) is 16.4. The second kappa shape index (κ2) is 4.33. The first-order valence-corrected chi connectivity index (χ1v) is 5.67. The Morgan fingerprint density at radius 2 is 1.88 bits per heavy atom. The van der Waals surface area contributed by atoms with E-state index in [9.17, 15) is 9.59 Å². The van der Waals surface area contributed by atoms with Crippen molar-refractivity contribution in [3.05, 3.63) is 32.7 Å². The maximum absolute atomic E-state index is 11.7. The molecule has 0 aromatic carbocycles. The number of aromatic nitrogens is 1. The minimum Gasteiger partial charge on any atom is -0.477 e. The number of carbonyl (C=O) groups is 1. The van der Waals surface area contributed by atoms with Gasteiger partial charge >= 0.3 is 5.97 Å². The van der Waals surface area contributed by atoms with Gasteiger partial charge < -0.3 is 15.0 Å². The van der Waals surface area contributed by atoms with Crippen molar-refractivity contribution < 1.29 is 9.90 Å². The minimum atomic E-state index is -1.13. The van der Waals surface area contributed by atoms with Crippen LogP contribution in [0.1, 0.15) is 27.2 Å². The lowest BCUT2D eigenvalue weighted by molar-refractivity contribution is 0.0693. The Morgan fingerprint density at radius 3 is 2.47 bits per heavy atom. The molecule has 0 radical (unpaired) electrons. The fourth-order valence-corrected chi connectivity index (χ4v) is 2.38. The second-order valence-corrected chi connectivity index (χ2v) is 4.52. The molecule has 5 nitrogen and oxygen atoms in total. The first-order chi connectivity index (χ1) is 8.00. The summed E-state index contributed by atoms with van der Waals surface area (Å²) in [5, 5.41) is 9.14. The molecule has 0 saturated heterocycles. The third-order valence-corrected chi connectivity index (χ3v) is 3.35. The van der Waals surface area contributed by atoms with Crippen LogP contribution in [0.3, 0.4) is 0 Å². The number of rotatable bonds is 1. The molecule has 1 aromatic heterocycles. The number of nitrogens with one attached hydrogen (secondary N) is 1. The van der Waals surface area contributed by atoms with E-state index in [1.807, 2.05) is 14.0 Å². The number of carboxylic acid groups (broad SMARTS) is 1. The summed E-state index contributed by atoms with van der Waals surface area (Å²) < 4.78 is 0. The monoisotopic (exact) mass is 236 g/mol. The number of nitrogens with zero attached hydrogens (tertiary/aromatic N) is 1. The molecule has 92 valence electrons. The zero-order valence-electron chi connectivity index (χ0n) is 10.0. The van der Waals surface area contributed by atoms with Gasteiger partial charge in [0.1, 0.15) is 5.56 Å². The number of aromatic carboxylic acids is 1. The first-order valence-electron chi connectivity index (χ1n) is 5.67. The largest absolute Gasteiger partial charge is 0.477 e. The van der Waals surface area contributed by atoms with E-state index in [1.165, 1.54) is 0 Å². The molecule has 0 atom stereocenters. The summed E-state index contributed by atoms with van der Waals surface area (Å²) in [4.78, 5) is 27.6. The Hall–Kier alpha value is -1.62. The highest BCUT2D eigenvalue weighted by atomic mass is 16.4. The van der Waals surface area contributed by atoms with Gasteiger partial charge in [-0.1, -0.05) is 0 Å². The standard InChI is InChI=1S/C12H16N2O3/c1-7-8-3-5-14(2)6-4-9(8)10(12(16)17)11(15)13-7/h3-6H2,1-2H3,(H,13,15)(H,16,17). The Labute approximate surface area is 99.1 Å². The number of hydrogen-bond acceptors (Lipinski definition) is 3. The van der Waals surface area contributed by atoms with Crippen molar-refractivity contribution in [3.63, 3.8) is 0 Å². The number of pyridine rings is 1. The van der Waals surface area contributed by atoms with Crippen LogP contribution < -0.4 is 5.56 Å². The summed E-state index contributed by atoms with van der Waals surface area (Å²) in [6.45, 7) is 3.51. The highest BCUT2D eigenvalue weighted by Crippen LogP contribution is 2.19. The highest BCUT2D eigenvalue weighted by Gasteiger charge is 2.22. The molecule has 1 aromatic rings.